The van der Waals surface area contributed by atoms with Gasteiger partial charge in [0.2, 0.25) is 0 Å². The predicted octanol–water partition coefficient (Wildman–Crippen LogP) is 6.17. The second-order valence-electron chi connectivity index (χ2n) is 6.90. The zero-order chi connectivity index (χ0) is 16.5. The highest BCUT2D eigenvalue weighted by molar-refractivity contribution is 4.71. The third-order valence-corrected chi connectivity index (χ3v) is 4.98. The molecule has 0 radical (unpaired) electrons. The van der Waals surface area contributed by atoms with Crippen molar-refractivity contribution in [1.29, 1.82) is 5.26 Å². The maximum atomic E-state index is 6.50. The van der Waals surface area contributed by atoms with Crippen LogP contribution < -0.4 is 0 Å². The number of piperidine rings is 1. The smallest absolute Gasteiger partial charge is 0.0462 e. The van der Waals surface area contributed by atoms with Crippen molar-refractivity contribution in [2.45, 2.75) is 97.3 Å². The minimum absolute atomic E-state index is 1.04. The molecule has 1 rings (SSSR count). The van der Waals surface area contributed by atoms with Gasteiger partial charge in [-0.1, -0.05) is 78.1 Å². The Balaban J connectivity index is 0.00000211. The highest BCUT2D eigenvalue weighted by Crippen LogP contribution is 2.22. The molecule has 2 heteroatoms. The van der Waals surface area contributed by atoms with Gasteiger partial charge in [0.25, 0.3) is 0 Å². The van der Waals surface area contributed by atoms with Gasteiger partial charge >= 0.3 is 0 Å². The largest absolute Gasteiger partial charge is 0.303 e. The lowest BCUT2D eigenvalue weighted by molar-refractivity contribution is 0.175. The Bertz CT molecular complexity index is 229. The Labute approximate surface area is 140 Å². The van der Waals surface area contributed by atoms with E-state index < -0.39 is 0 Å². The Morgan fingerprint density at radius 2 is 1.27 bits per heavy atom. The van der Waals surface area contributed by atoms with Crippen molar-refractivity contribution >= 4 is 0 Å². The van der Waals surface area contributed by atoms with Crippen molar-refractivity contribution in [3.05, 3.63) is 0 Å². The maximum Gasteiger partial charge on any atom is 0.0462 e. The fourth-order valence-electron chi connectivity index (χ4n) is 3.55. The molecule has 1 saturated heterocycles. The van der Waals surface area contributed by atoms with Gasteiger partial charge in [-0.15, -0.1) is 0 Å². The molecule has 2 nitrogen and oxygen atoms in total. The zero-order valence-electron chi connectivity index (χ0n) is 15.4. The molecule has 1 aliphatic rings. The van der Waals surface area contributed by atoms with E-state index in [1.165, 1.54) is 103 Å². The summed E-state index contributed by atoms with van der Waals surface area (Å²) in [5.41, 5.74) is 0. The van der Waals surface area contributed by atoms with Gasteiger partial charge in [-0.3, -0.25) is 0 Å². The van der Waals surface area contributed by atoms with Crippen LogP contribution in [-0.2, 0) is 0 Å². The minimum atomic E-state index is 1.04. The van der Waals surface area contributed by atoms with E-state index >= 15 is 0 Å². The molecule has 130 valence electrons. The molecule has 0 aliphatic carbocycles. The first kappa shape index (κ1) is 21.4. The number of unbranched alkanes of at least 4 members (excludes halogenated alkanes) is 8. The van der Waals surface area contributed by atoms with Gasteiger partial charge in [-0.05, 0) is 44.8 Å². The Hall–Kier alpha value is -0.550. The molecule has 0 aromatic heterocycles. The molecule has 1 fully saturated rings. The van der Waals surface area contributed by atoms with E-state index in [2.05, 4.69) is 25.3 Å². The van der Waals surface area contributed by atoms with Crippen LogP contribution in [0, 0.1) is 17.8 Å². The molecule has 0 atom stereocenters. The molecule has 0 aromatic rings. The van der Waals surface area contributed by atoms with Crippen LogP contribution in [0.5, 0.6) is 0 Å². The van der Waals surface area contributed by atoms with E-state index in [-0.39, 0.29) is 0 Å². The van der Waals surface area contributed by atoms with Gasteiger partial charge in [0.1, 0.15) is 0 Å². The summed E-state index contributed by atoms with van der Waals surface area (Å²) < 4.78 is 0. The average molecular weight is 309 g/mol. The number of rotatable bonds is 12. The zero-order valence-corrected chi connectivity index (χ0v) is 15.4. The molecule has 0 saturated carbocycles. The molecule has 0 unspecified atom stereocenters. The van der Waals surface area contributed by atoms with E-state index in [4.69, 9.17) is 5.26 Å². The van der Waals surface area contributed by atoms with Crippen LogP contribution in [0.3, 0.4) is 0 Å². The summed E-state index contributed by atoms with van der Waals surface area (Å²) in [4.78, 5) is 2.72. The number of nitrogens with zero attached hydrogens (tertiary/aromatic N) is 2. The van der Waals surface area contributed by atoms with Crippen LogP contribution in [0.1, 0.15) is 97.3 Å². The van der Waals surface area contributed by atoms with Crippen molar-refractivity contribution in [1.82, 2.24) is 4.90 Å². The van der Waals surface area contributed by atoms with E-state index in [0.717, 1.165) is 5.92 Å². The number of hydrogen-bond acceptors (Lipinski definition) is 2. The van der Waals surface area contributed by atoms with Gasteiger partial charge in [0.05, 0.1) is 0 Å². The summed E-state index contributed by atoms with van der Waals surface area (Å²) in [6, 6.07) is 0. The topological polar surface area (TPSA) is 27.0 Å². The highest BCUT2D eigenvalue weighted by atomic mass is 15.1. The molecular weight excluding hydrogens is 268 g/mol. The Morgan fingerprint density at radius 1 is 0.773 bits per heavy atom. The lowest BCUT2D eigenvalue weighted by Crippen LogP contribution is -2.34. The quantitative estimate of drug-likeness (QED) is 0.403. The molecule has 0 bridgehead atoms. The first-order valence-electron chi connectivity index (χ1n) is 9.85. The number of hydrogen-bond donors (Lipinski definition) is 0. The molecular formula is C20H40N2. The van der Waals surface area contributed by atoms with Crippen molar-refractivity contribution in [3.63, 3.8) is 0 Å². The van der Waals surface area contributed by atoms with Crippen LogP contribution in [-0.4, -0.2) is 24.5 Å². The summed E-state index contributed by atoms with van der Waals surface area (Å²) in [6.45, 7) is 12.2. The summed E-state index contributed by atoms with van der Waals surface area (Å²) in [5.74, 6) is 1.04. The van der Waals surface area contributed by atoms with E-state index in [1.807, 2.05) is 0 Å². The first-order valence-corrected chi connectivity index (χ1v) is 9.85. The van der Waals surface area contributed by atoms with Gasteiger partial charge in [-0.25, -0.2) is 5.26 Å². The van der Waals surface area contributed by atoms with E-state index in [0.29, 0.717) is 0 Å². The van der Waals surface area contributed by atoms with E-state index in [9.17, 15) is 0 Å². The molecule has 0 aromatic carbocycles. The van der Waals surface area contributed by atoms with Crippen LogP contribution >= 0.6 is 0 Å². The summed E-state index contributed by atoms with van der Waals surface area (Å²) in [6.07, 6.45) is 18.8. The minimum Gasteiger partial charge on any atom is -0.303 e. The normalized spacial score (nSPS) is 16.2. The fourth-order valence-corrected chi connectivity index (χ4v) is 3.55. The van der Waals surface area contributed by atoms with Crippen LogP contribution in [0.2, 0.25) is 0 Å². The molecule has 22 heavy (non-hydrogen) atoms. The lowest BCUT2D eigenvalue weighted by Gasteiger charge is -2.31. The number of likely N-dealkylation sites (tertiary alicyclic amines) is 1. The van der Waals surface area contributed by atoms with E-state index in [1.54, 1.807) is 0 Å². The van der Waals surface area contributed by atoms with Crippen molar-refractivity contribution in [2.75, 3.05) is 19.6 Å². The van der Waals surface area contributed by atoms with Crippen molar-refractivity contribution in [2.24, 2.45) is 5.92 Å². The van der Waals surface area contributed by atoms with Gasteiger partial charge in [0, 0.05) is 6.57 Å². The second-order valence-corrected chi connectivity index (χ2v) is 6.90. The summed E-state index contributed by atoms with van der Waals surface area (Å²) in [7, 11) is 0. The summed E-state index contributed by atoms with van der Waals surface area (Å²) in [5, 5.41) is 6.50. The van der Waals surface area contributed by atoms with Crippen LogP contribution in [0.15, 0.2) is 0 Å². The fraction of sp³-hybridized carbons (Fsp3) is 0.950. The molecule has 1 heterocycles. The van der Waals surface area contributed by atoms with Crippen molar-refractivity contribution in [3.8, 4) is 6.57 Å². The highest BCUT2D eigenvalue weighted by Gasteiger charge is 2.17. The maximum absolute atomic E-state index is 6.50. The predicted molar refractivity (Wildman–Crippen MR) is 98.0 cm³/mol. The molecule has 0 spiro atoms. The number of nitriles is 1. The second kappa shape index (κ2) is 16.8. The van der Waals surface area contributed by atoms with Crippen LogP contribution in [0.4, 0.5) is 0 Å². The SMILES string of the molecule is C#N.CCCCCCCCCCCN1CCC(CCC)CC1. The van der Waals surface area contributed by atoms with Gasteiger partial charge in [0.15, 0.2) is 0 Å². The van der Waals surface area contributed by atoms with Gasteiger partial charge < -0.3 is 4.90 Å². The third kappa shape index (κ3) is 12.0. The molecule has 0 amide bonds. The first-order chi connectivity index (χ1) is 10.9. The monoisotopic (exact) mass is 308 g/mol. The lowest BCUT2D eigenvalue weighted by atomic mass is 9.92. The molecule has 1 aliphatic heterocycles. The third-order valence-electron chi connectivity index (χ3n) is 4.98. The standard InChI is InChI=1S/C19H39N.CHN/c1-3-5-6-7-8-9-10-11-12-16-20-17-14-19(13-4-2)15-18-20;1-2/h19H,3-18H2,1-2H3;1H. The van der Waals surface area contributed by atoms with Crippen LogP contribution in [0.25, 0.3) is 0 Å². The molecule has 0 N–H and O–H groups in total. The van der Waals surface area contributed by atoms with Crippen molar-refractivity contribution < 1.29 is 0 Å². The Morgan fingerprint density at radius 3 is 1.77 bits per heavy atom. The Kier molecular flexibility index (Phi) is 16.4. The van der Waals surface area contributed by atoms with Gasteiger partial charge in [-0.2, -0.15) is 0 Å². The average Bonchev–Trinajstić information content (AvgIpc) is 2.57. The summed E-state index contributed by atoms with van der Waals surface area (Å²) >= 11 is 0.